The van der Waals surface area contributed by atoms with Gasteiger partial charge in [0.15, 0.2) is 5.82 Å². The number of anilines is 1. The third kappa shape index (κ3) is 3.04. The number of nitrogens with one attached hydrogen (secondary N) is 1. The van der Waals surface area contributed by atoms with Crippen LogP contribution in [0.2, 0.25) is 0 Å². The molecule has 0 amide bonds. The van der Waals surface area contributed by atoms with Crippen LogP contribution in [0.25, 0.3) is 11.4 Å². The number of rotatable bonds is 5. The zero-order chi connectivity index (χ0) is 17.1. The molecule has 8 heteroatoms. The highest BCUT2D eigenvalue weighted by atomic mass is 32.1. The molecule has 0 bridgehead atoms. The molecule has 3 aromatic rings. The van der Waals surface area contributed by atoms with E-state index in [-0.39, 0.29) is 10.3 Å². The van der Waals surface area contributed by atoms with Gasteiger partial charge in [-0.2, -0.15) is 0 Å². The minimum Gasteiger partial charge on any atom is -0.472 e. The van der Waals surface area contributed by atoms with Crippen LogP contribution in [-0.2, 0) is 13.6 Å². The van der Waals surface area contributed by atoms with E-state index in [1.807, 2.05) is 30.3 Å². The molecular weight excluding hydrogens is 328 g/mol. The summed E-state index contributed by atoms with van der Waals surface area (Å²) < 4.78 is 6.61. The maximum absolute atomic E-state index is 11.4. The number of hydrogen-bond acceptors (Lipinski definition) is 6. The standard InChI is InChI=1S/C16H14N4O3S/c1-19-14(12-5-3-2-4-6-12)18-16(24)13(20(21)22)15(19)17-9-11-7-8-23-10-11/h2-8,10,17H,9H2,1H3. The average Bonchev–Trinajstić information content (AvgIpc) is 3.09. The molecule has 0 fully saturated rings. The molecule has 0 saturated carbocycles. The fourth-order valence-corrected chi connectivity index (χ4v) is 2.64. The molecule has 24 heavy (non-hydrogen) atoms. The molecule has 1 aromatic carbocycles. The molecular formula is C16H14N4O3S. The number of hydrogen-bond donors (Lipinski definition) is 1. The van der Waals surface area contributed by atoms with Gasteiger partial charge in [-0.05, 0) is 6.07 Å². The monoisotopic (exact) mass is 342 g/mol. The van der Waals surface area contributed by atoms with Crippen LogP contribution >= 0.6 is 12.2 Å². The van der Waals surface area contributed by atoms with E-state index in [1.54, 1.807) is 30.2 Å². The summed E-state index contributed by atoms with van der Waals surface area (Å²) in [6, 6.07) is 11.2. The van der Waals surface area contributed by atoms with Gasteiger partial charge in [-0.1, -0.05) is 42.5 Å². The van der Waals surface area contributed by atoms with Gasteiger partial charge in [0.25, 0.3) is 0 Å². The van der Waals surface area contributed by atoms with Crippen LogP contribution in [-0.4, -0.2) is 14.5 Å². The molecule has 0 atom stereocenters. The molecule has 0 aliphatic rings. The molecule has 2 heterocycles. The lowest BCUT2D eigenvalue weighted by atomic mass is 10.2. The summed E-state index contributed by atoms with van der Waals surface area (Å²) >= 11 is 5.15. The topological polar surface area (TPSA) is 86.1 Å². The van der Waals surface area contributed by atoms with Gasteiger partial charge in [0.2, 0.25) is 4.64 Å². The van der Waals surface area contributed by atoms with E-state index in [4.69, 9.17) is 16.6 Å². The second-order valence-electron chi connectivity index (χ2n) is 5.11. The van der Waals surface area contributed by atoms with Crippen LogP contribution in [0.3, 0.4) is 0 Å². The predicted octanol–water partition coefficient (Wildman–Crippen LogP) is 3.93. The molecule has 0 unspecified atom stereocenters. The Kier molecular flexibility index (Phi) is 4.39. The van der Waals surface area contributed by atoms with Crippen molar-refractivity contribution in [3.63, 3.8) is 0 Å². The predicted molar refractivity (Wildman–Crippen MR) is 92.2 cm³/mol. The lowest BCUT2D eigenvalue weighted by Crippen LogP contribution is -2.13. The van der Waals surface area contributed by atoms with E-state index in [1.165, 1.54) is 0 Å². The third-order valence-corrected chi connectivity index (χ3v) is 3.83. The maximum atomic E-state index is 11.4. The average molecular weight is 342 g/mol. The zero-order valence-corrected chi connectivity index (χ0v) is 13.6. The van der Waals surface area contributed by atoms with Crippen LogP contribution in [0.5, 0.6) is 0 Å². The fourth-order valence-electron chi connectivity index (χ4n) is 2.38. The van der Waals surface area contributed by atoms with Gasteiger partial charge in [-0.3, -0.25) is 10.1 Å². The Hall–Kier alpha value is -3.00. The van der Waals surface area contributed by atoms with Crippen molar-refractivity contribution in [2.75, 3.05) is 5.32 Å². The van der Waals surface area contributed by atoms with Crippen molar-refractivity contribution in [2.24, 2.45) is 7.05 Å². The first-order chi connectivity index (χ1) is 11.6. The number of furan rings is 1. The lowest BCUT2D eigenvalue weighted by molar-refractivity contribution is -0.385. The van der Waals surface area contributed by atoms with Gasteiger partial charge in [0.05, 0.1) is 17.4 Å². The van der Waals surface area contributed by atoms with Crippen molar-refractivity contribution >= 4 is 23.7 Å². The van der Waals surface area contributed by atoms with Crippen LogP contribution < -0.4 is 5.32 Å². The second-order valence-corrected chi connectivity index (χ2v) is 5.49. The molecule has 7 nitrogen and oxygen atoms in total. The minimum atomic E-state index is -0.512. The summed E-state index contributed by atoms with van der Waals surface area (Å²) in [7, 11) is 1.72. The van der Waals surface area contributed by atoms with E-state index >= 15 is 0 Å². The first kappa shape index (κ1) is 15.9. The molecule has 1 N–H and O–H groups in total. The van der Waals surface area contributed by atoms with Gasteiger partial charge in [0.1, 0.15) is 5.82 Å². The highest BCUT2D eigenvalue weighted by Gasteiger charge is 2.23. The second kappa shape index (κ2) is 6.63. The smallest absolute Gasteiger partial charge is 0.345 e. The molecule has 0 aliphatic heterocycles. The largest absolute Gasteiger partial charge is 0.472 e. The number of nitro groups is 1. The van der Waals surface area contributed by atoms with Crippen molar-refractivity contribution < 1.29 is 9.34 Å². The number of nitrogens with zero attached hydrogens (tertiary/aromatic N) is 3. The van der Waals surface area contributed by atoms with Crippen molar-refractivity contribution in [3.8, 4) is 11.4 Å². The number of benzene rings is 1. The Morgan fingerprint density at radius 2 is 2.08 bits per heavy atom. The summed E-state index contributed by atoms with van der Waals surface area (Å²) in [5.41, 5.74) is 1.48. The van der Waals surface area contributed by atoms with E-state index in [0.29, 0.717) is 18.2 Å². The van der Waals surface area contributed by atoms with Gasteiger partial charge < -0.3 is 14.3 Å². The van der Waals surface area contributed by atoms with Crippen molar-refractivity contribution in [1.82, 2.24) is 9.55 Å². The summed E-state index contributed by atoms with van der Waals surface area (Å²) in [5.74, 6) is 0.862. The molecule has 0 radical (unpaired) electrons. The zero-order valence-electron chi connectivity index (χ0n) is 12.8. The molecule has 0 spiro atoms. The van der Waals surface area contributed by atoms with Crippen molar-refractivity contribution in [1.29, 1.82) is 0 Å². The van der Waals surface area contributed by atoms with Crippen molar-refractivity contribution in [3.05, 3.63) is 69.2 Å². The molecule has 122 valence electrons. The highest BCUT2D eigenvalue weighted by molar-refractivity contribution is 7.71. The van der Waals surface area contributed by atoms with Crippen LogP contribution in [0, 0.1) is 14.8 Å². The highest BCUT2D eigenvalue weighted by Crippen LogP contribution is 2.29. The van der Waals surface area contributed by atoms with E-state index < -0.39 is 4.92 Å². The van der Waals surface area contributed by atoms with Crippen molar-refractivity contribution in [2.45, 2.75) is 6.54 Å². The van der Waals surface area contributed by atoms with E-state index in [9.17, 15) is 10.1 Å². The van der Waals surface area contributed by atoms with E-state index in [0.717, 1.165) is 11.1 Å². The molecule has 2 aromatic heterocycles. The Morgan fingerprint density at radius 1 is 1.33 bits per heavy atom. The first-order valence-corrected chi connectivity index (χ1v) is 7.54. The van der Waals surface area contributed by atoms with Crippen LogP contribution in [0.15, 0.2) is 53.3 Å². The number of aromatic nitrogens is 2. The normalized spacial score (nSPS) is 10.5. The molecule has 0 saturated heterocycles. The SMILES string of the molecule is Cn1c(-c2ccccc2)nc(=S)c([N+](=O)[O-])c1NCc1ccoc1. The van der Waals surface area contributed by atoms with Crippen LogP contribution in [0.4, 0.5) is 11.5 Å². The van der Waals surface area contributed by atoms with Gasteiger partial charge in [0, 0.05) is 24.7 Å². The summed E-state index contributed by atoms with van der Waals surface area (Å²) in [4.78, 5) is 15.2. The Bertz CT molecular complexity index is 920. The summed E-state index contributed by atoms with van der Waals surface area (Å²) in [6.45, 7) is 0.373. The lowest BCUT2D eigenvalue weighted by Gasteiger charge is -2.15. The maximum Gasteiger partial charge on any atom is 0.345 e. The first-order valence-electron chi connectivity index (χ1n) is 7.13. The Labute approximate surface area is 142 Å². The van der Waals surface area contributed by atoms with E-state index in [2.05, 4.69) is 10.3 Å². The Balaban J connectivity index is 2.11. The van der Waals surface area contributed by atoms with Gasteiger partial charge in [-0.15, -0.1) is 0 Å². The Morgan fingerprint density at radius 3 is 2.71 bits per heavy atom. The molecule has 0 aliphatic carbocycles. The summed E-state index contributed by atoms with van der Waals surface area (Å²) in [5, 5.41) is 14.5. The molecule has 3 rings (SSSR count). The quantitative estimate of drug-likeness (QED) is 0.429. The fraction of sp³-hybridized carbons (Fsp3) is 0.125. The third-order valence-electron chi connectivity index (χ3n) is 3.54. The summed E-state index contributed by atoms with van der Waals surface area (Å²) in [6.07, 6.45) is 3.12. The van der Waals surface area contributed by atoms with Crippen LogP contribution in [0.1, 0.15) is 5.56 Å². The van der Waals surface area contributed by atoms with Gasteiger partial charge >= 0.3 is 5.69 Å². The van der Waals surface area contributed by atoms with Gasteiger partial charge in [-0.25, -0.2) is 4.98 Å². The minimum absolute atomic E-state index is 0.0494.